The zero-order valence-electron chi connectivity index (χ0n) is 18.5. The lowest BCUT2D eigenvalue weighted by molar-refractivity contribution is -0.945. The number of likely N-dealkylation sites (N-methyl/N-ethyl adjacent to an activating group) is 1. The second-order valence-electron chi connectivity index (χ2n) is 8.69. The van der Waals surface area contributed by atoms with Crippen LogP contribution in [0, 0.1) is 5.92 Å². The van der Waals surface area contributed by atoms with E-state index in [0.29, 0.717) is 16.9 Å². The van der Waals surface area contributed by atoms with E-state index >= 15 is 0 Å². The van der Waals surface area contributed by atoms with Crippen LogP contribution in [-0.2, 0) is 4.79 Å². The number of carboxylic acids is 1. The second kappa shape index (κ2) is 9.44. The van der Waals surface area contributed by atoms with Crippen LogP contribution < -0.4 is 5.11 Å². The summed E-state index contributed by atoms with van der Waals surface area (Å²) >= 11 is 1.39. The highest BCUT2D eigenvalue weighted by atomic mass is 32.2. The van der Waals surface area contributed by atoms with E-state index < -0.39 is 17.6 Å². The molecule has 1 aliphatic heterocycles. The van der Waals surface area contributed by atoms with E-state index in [2.05, 4.69) is 0 Å². The van der Waals surface area contributed by atoms with Crippen molar-refractivity contribution in [2.24, 2.45) is 5.92 Å². The summed E-state index contributed by atoms with van der Waals surface area (Å²) < 4.78 is -0.284. The third-order valence-corrected chi connectivity index (χ3v) is 7.29. The Morgan fingerprint density at radius 2 is 1.72 bits per heavy atom. The Balaban J connectivity index is 1.56. The molecule has 1 fully saturated rings. The Bertz CT molecular complexity index is 989. The number of carboxylic acid groups (broad SMARTS) is 1. The normalized spacial score (nSPS) is 20.9. The fourth-order valence-electron chi connectivity index (χ4n) is 3.57. The van der Waals surface area contributed by atoms with Gasteiger partial charge in [0.2, 0.25) is 0 Å². The number of hydrogen-bond donors (Lipinski definition) is 1. The maximum atomic E-state index is 12.6. The molecule has 2 amide bonds. The van der Waals surface area contributed by atoms with Crippen molar-refractivity contribution < 1.29 is 29.1 Å². The first-order chi connectivity index (χ1) is 15.0. The SMILES string of the molecule is CC1([O-])CN(CCC(CSc2ccc(C(=O)c3ccccc3)cc2)C(=O)O)C(=O)[N+]1(C)C. The number of rotatable bonds is 9. The largest absolute Gasteiger partial charge is 0.802 e. The maximum Gasteiger partial charge on any atom is 0.418 e. The molecule has 7 nitrogen and oxygen atoms in total. The Hall–Kier alpha value is -2.68. The molecule has 0 bridgehead atoms. The lowest BCUT2D eigenvalue weighted by Crippen LogP contribution is -2.64. The minimum Gasteiger partial charge on any atom is -0.802 e. The molecule has 1 saturated heterocycles. The van der Waals surface area contributed by atoms with Gasteiger partial charge in [-0.1, -0.05) is 30.3 Å². The van der Waals surface area contributed by atoms with Crippen molar-refractivity contribution in [2.75, 3.05) is 32.9 Å². The first kappa shape index (κ1) is 24.0. The first-order valence-electron chi connectivity index (χ1n) is 10.4. The summed E-state index contributed by atoms with van der Waals surface area (Å²) in [7, 11) is 3.18. The van der Waals surface area contributed by atoms with Crippen molar-refractivity contribution in [3.63, 3.8) is 0 Å². The third-order valence-electron chi connectivity index (χ3n) is 6.12. The van der Waals surface area contributed by atoms with Crippen LogP contribution in [0.3, 0.4) is 0 Å². The number of ketones is 1. The van der Waals surface area contributed by atoms with Gasteiger partial charge in [0.15, 0.2) is 5.78 Å². The van der Waals surface area contributed by atoms with Crippen molar-refractivity contribution in [2.45, 2.75) is 24.0 Å². The summed E-state index contributed by atoms with van der Waals surface area (Å²) in [6, 6.07) is 15.8. The molecule has 2 atom stereocenters. The second-order valence-corrected chi connectivity index (χ2v) is 9.78. The summed E-state index contributed by atoms with van der Waals surface area (Å²) in [5, 5.41) is 22.2. The third kappa shape index (κ3) is 5.03. The summed E-state index contributed by atoms with van der Waals surface area (Å²) in [5.41, 5.74) is -0.265. The Morgan fingerprint density at radius 3 is 2.25 bits per heavy atom. The van der Waals surface area contributed by atoms with Gasteiger partial charge in [0.1, 0.15) is 0 Å². The molecule has 0 saturated carbocycles. The monoisotopic (exact) mass is 456 g/mol. The minimum absolute atomic E-state index is 0.0625. The molecule has 1 heterocycles. The summed E-state index contributed by atoms with van der Waals surface area (Å²) in [6.07, 6.45) is 0.273. The molecule has 1 aliphatic rings. The number of urea groups is 1. The highest BCUT2D eigenvalue weighted by molar-refractivity contribution is 7.99. The van der Waals surface area contributed by atoms with Gasteiger partial charge in [-0.2, -0.15) is 0 Å². The molecule has 32 heavy (non-hydrogen) atoms. The zero-order chi connectivity index (χ0) is 23.5. The van der Waals surface area contributed by atoms with Crippen LogP contribution in [-0.4, -0.2) is 70.9 Å². The number of quaternary nitrogens is 1. The molecular formula is C24H28N2O5S. The molecule has 8 heteroatoms. The van der Waals surface area contributed by atoms with Crippen LogP contribution in [0.25, 0.3) is 0 Å². The van der Waals surface area contributed by atoms with E-state index in [1.807, 2.05) is 30.3 Å². The number of carbonyl (C=O) groups excluding carboxylic acids is 2. The maximum absolute atomic E-state index is 12.6. The molecule has 0 aromatic heterocycles. The molecule has 2 aromatic rings. The molecule has 0 radical (unpaired) electrons. The molecule has 0 spiro atoms. The lowest BCUT2D eigenvalue weighted by atomic mass is 10.0. The molecule has 0 aliphatic carbocycles. The van der Waals surface area contributed by atoms with Gasteiger partial charge in [0.25, 0.3) is 0 Å². The van der Waals surface area contributed by atoms with Gasteiger partial charge in [-0.25, -0.2) is 4.79 Å². The van der Waals surface area contributed by atoms with Gasteiger partial charge in [-0.15, -0.1) is 11.8 Å². The van der Waals surface area contributed by atoms with Crippen molar-refractivity contribution in [3.05, 3.63) is 65.7 Å². The van der Waals surface area contributed by atoms with Crippen molar-refractivity contribution in [3.8, 4) is 0 Å². The van der Waals surface area contributed by atoms with Gasteiger partial charge in [-0.3, -0.25) is 19.0 Å². The van der Waals surface area contributed by atoms with Crippen molar-refractivity contribution in [1.82, 2.24) is 4.90 Å². The topological polar surface area (TPSA) is 97.7 Å². The zero-order valence-corrected chi connectivity index (χ0v) is 19.3. The number of nitrogens with zero attached hydrogens (tertiary/aromatic N) is 2. The summed E-state index contributed by atoms with van der Waals surface area (Å²) in [4.78, 5) is 39.1. The predicted molar refractivity (Wildman–Crippen MR) is 120 cm³/mol. The lowest BCUT2D eigenvalue weighted by Gasteiger charge is -2.41. The molecule has 2 aromatic carbocycles. The summed E-state index contributed by atoms with van der Waals surface area (Å²) in [5.74, 6) is -1.32. The standard InChI is InChI=1S/C24H28N2O5S/c1-24(31)16-25(23(30)26(24,2)3)14-13-19(22(28)29)15-32-20-11-9-18(10-12-20)21(27)17-7-5-4-6-8-17/h4-12,19H,13-16H2,1-3H3,(H,28,29). The number of benzene rings is 2. The average molecular weight is 457 g/mol. The molecule has 1 N–H and O–H groups in total. The number of hydrogen-bond acceptors (Lipinski definition) is 5. The molecule has 3 rings (SSSR count). The van der Waals surface area contributed by atoms with Crippen LogP contribution in [0.2, 0.25) is 0 Å². The average Bonchev–Trinajstić information content (AvgIpc) is 2.92. The summed E-state index contributed by atoms with van der Waals surface area (Å²) in [6.45, 7) is 1.80. The highest BCUT2D eigenvalue weighted by Crippen LogP contribution is 2.28. The smallest absolute Gasteiger partial charge is 0.418 e. The Kier molecular flexibility index (Phi) is 7.07. The van der Waals surface area contributed by atoms with E-state index in [-0.39, 0.29) is 35.8 Å². The molecular weight excluding hydrogens is 428 g/mol. The van der Waals surface area contributed by atoms with Gasteiger partial charge in [-0.05, 0) is 37.6 Å². The van der Waals surface area contributed by atoms with Gasteiger partial charge >= 0.3 is 12.0 Å². The van der Waals surface area contributed by atoms with Gasteiger partial charge < -0.3 is 10.2 Å². The number of aliphatic carboxylic acids is 1. The quantitative estimate of drug-likeness (QED) is 0.354. The Labute approximate surface area is 192 Å². The van der Waals surface area contributed by atoms with E-state index in [0.717, 1.165) is 4.90 Å². The number of thioether (sulfide) groups is 1. The van der Waals surface area contributed by atoms with Gasteiger partial charge in [0, 0.05) is 28.3 Å². The van der Waals surface area contributed by atoms with Crippen LogP contribution in [0.1, 0.15) is 29.3 Å². The predicted octanol–water partition coefficient (Wildman–Crippen LogP) is 2.69. The number of carbonyl (C=O) groups is 3. The fraction of sp³-hybridized carbons (Fsp3) is 0.375. The molecule has 2 unspecified atom stereocenters. The van der Waals surface area contributed by atoms with E-state index in [1.54, 1.807) is 38.4 Å². The van der Waals surface area contributed by atoms with E-state index in [9.17, 15) is 24.6 Å². The van der Waals surface area contributed by atoms with E-state index in [4.69, 9.17) is 0 Å². The van der Waals surface area contributed by atoms with Crippen molar-refractivity contribution in [1.29, 1.82) is 0 Å². The van der Waals surface area contributed by atoms with Crippen LogP contribution in [0.4, 0.5) is 4.79 Å². The fourth-order valence-corrected chi connectivity index (χ4v) is 4.61. The van der Waals surface area contributed by atoms with Crippen LogP contribution in [0.15, 0.2) is 59.5 Å². The van der Waals surface area contributed by atoms with Crippen LogP contribution in [0.5, 0.6) is 0 Å². The molecule has 170 valence electrons. The first-order valence-corrected chi connectivity index (χ1v) is 11.4. The minimum atomic E-state index is -1.45. The number of amides is 2. The van der Waals surface area contributed by atoms with Crippen LogP contribution >= 0.6 is 11.8 Å². The van der Waals surface area contributed by atoms with E-state index in [1.165, 1.54) is 23.6 Å². The Morgan fingerprint density at radius 1 is 1.12 bits per heavy atom. The van der Waals surface area contributed by atoms with Gasteiger partial charge in [0.05, 0.1) is 32.3 Å². The van der Waals surface area contributed by atoms with Crippen molar-refractivity contribution >= 4 is 29.5 Å². The highest BCUT2D eigenvalue weighted by Gasteiger charge is 2.49.